The van der Waals surface area contributed by atoms with Crippen LogP contribution in [0.2, 0.25) is 0 Å². The molecule has 6 nitrogen and oxygen atoms in total. The maximum atomic E-state index is 7.71. The fraction of sp³-hybridized carbons (Fsp3) is 0.824. The number of ether oxygens (including phenoxy) is 1. The predicted octanol–water partition coefficient (Wildman–Crippen LogP) is 1.60. The summed E-state index contributed by atoms with van der Waals surface area (Å²) in [6.45, 7) is 12.1. The number of hydrogen-bond acceptors (Lipinski definition) is 6. The van der Waals surface area contributed by atoms with Crippen molar-refractivity contribution in [2.24, 2.45) is 0 Å². The Bertz CT molecular complexity index is 481. The standard InChI is InChI=1S/C17H30BN3O3/c1-16(2)17(3,4)24-18(23-16)13(9-19)10-20-14-5-7-21(8-6-14)15-11-22-12-15/h9-10,14-15,19-20H,5-8,11-12H2,1-4H3/b13-10+,19-9?. The van der Waals surface area contributed by atoms with Gasteiger partial charge in [0.15, 0.2) is 0 Å². The van der Waals surface area contributed by atoms with Gasteiger partial charge in [-0.25, -0.2) is 0 Å². The summed E-state index contributed by atoms with van der Waals surface area (Å²) in [5.74, 6) is 0. The molecule has 0 aromatic heterocycles. The van der Waals surface area contributed by atoms with Crippen LogP contribution in [0.4, 0.5) is 0 Å². The maximum Gasteiger partial charge on any atom is 0.497 e. The van der Waals surface area contributed by atoms with Gasteiger partial charge in [-0.2, -0.15) is 0 Å². The lowest BCUT2D eigenvalue weighted by atomic mass is 9.79. The molecule has 0 aliphatic carbocycles. The first-order chi connectivity index (χ1) is 11.3. The first kappa shape index (κ1) is 17.9. The van der Waals surface area contributed by atoms with Crippen LogP contribution in [0.15, 0.2) is 11.7 Å². The van der Waals surface area contributed by atoms with Crippen molar-refractivity contribution in [1.29, 1.82) is 5.41 Å². The van der Waals surface area contributed by atoms with Crippen molar-refractivity contribution in [2.45, 2.75) is 63.8 Å². The molecule has 0 radical (unpaired) electrons. The molecule has 3 aliphatic heterocycles. The fourth-order valence-electron chi connectivity index (χ4n) is 3.24. The summed E-state index contributed by atoms with van der Waals surface area (Å²) in [5.41, 5.74) is -0.0187. The van der Waals surface area contributed by atoms with Gasteiger partial charge in [-0.1, -0.05) is 0 Å². The third kappa shape index (κ3) is 3.54. The van der Waals surface area contributed by atoms with E-state index in [0.29, 0.717) is 12.1 Å². The molecule has 7 heteroatoms. The number of nitrogens with zero attached hydrogens (tertiary/aromatic N) is 1. The van der Waals surface area contributed by atoms with Crippen LogP contribution in [0.3, 0.4) is 0 Å². The Hall–Kier alpha value is -0.885. The highest BCUT2D eigenvalue weighted by atomic mass is 16.7. The van der Waals surface area contributed by atoms with Crippen molar-refractivity contribution in [2.75, 3.05) is 26.3 Å². The third-order valence-electron chi connectivity index (χ3n) is 5.84. The Labute approximate surface area is 145 Å². The molecule has 0 spiro atoms. The van der Waals surface area contributed by atoms with Crippen LogP contribution in [0.1, 0.15) is 40.5 Å². The Morgan fingerprint density at radius 1 is 1.12 bits per heavy atom. The fourth-order valence-corrected chi connectivity index (χ4v) is 3.24. The van der Waals surface area contributed by atoms with E-state index in [-0.39, 0.29) is 11.2 Å². The number of rotatable bonds is 5. The van der Waals surface area contributed by atoms with Gasteiger partial charge >= 0.3 is 7.12 Å². The monoisotopic (exact) mass is 335 g/mol. The molecule has 3 saturated heterocycles. The van der Waals surface area contributed by atoms with Gasteiger partial charge < -0.3 is 24.8 Å². The first-order valence-corrected chi connectivity index (χ1v) is 8.96. The molecule has 0 saturated carbocycles. The van der Waals surface area contributed by atoms with Crippen LogP contribution in [-0.4, -0.2) is 67.8 Å². The van der Waals surface area contributed by atoms with Gasteiger partial charge in [-0.15, -0.1) is 0 Å². The molecular weight excluding hydrogens is 305 g/mol. The minimum atomic E-state index is -0.479. The summed E-state index contributed by atoms with van der Waals surface area (Å²) in [6.07, 6.45) is 5.46. The van der Waals surface area contributed by atoms with E-state index >= 15 is 0 Å². The highest BCUT2D eigenvalue weighted by Crippen LogP contribution is 2.38. The Balaban J connectivity index is 1.52. The van der Waals surface area contributed by atoms with Gasteiger partial charge in [0.05, 0.1) is 30.5 Å². The molecule has 3 fully saturated rings. The Morgan fingerprint density at radius 3 is 2.17 bits per heavy atom. The quantitative estimate of drug-likeness (QED) is 0.590. The highest BCUT2D eigenvalue weighted by Gasteiger charge is 2.52. The topological polar surface area (TPSA) is 66.8 Å². The van der Waals surface area contributed by atoms with E-state index in [1.54, 1.807) is 0 Å². The minimum absolute atomic E-state index is 0.379. The minimum Gasteiger partial charge on any atom is -0.399 e. The lowest BCUT2D eigenvalue weighted by Gasteiger charge is -2.41. The lowest BCUT2D eigenvalue weighted by molar-refractivity contribution is -0.0716. The van der Waals surface area contributed by atoms with Crippen LogP contribution in [0.25, 0.3) is 0 Å². The molecule has 0 amide bonds. The molecule has 3 rings (SSSR count). The highest BCUT2D eigenvalue weighted by molar-refractivity contribution is 6.60. The molecular formula is C17H30BN3O3. The second-order valence-corrected chi connectivity index (χ2v) is 8.05. The zero-order valence-electron chi connectivity index (χ0n) is 15.3. The number of piperidine rings is 1. The second-order valence-electron chi connectivity index (χ2n) is 8.05. The van der Waals surface area contributed by atoms with Crippen molar-refractivity contribution < 1.29 is 14.0 Å². The van der Waals surface area contributed by atoms with Crippen molar-refractivity contribution in [3.63, 3.8) is 0 Å². The molecule has 0 aromatic rings. The molecule has 0 bridgehead atoms. The molecule has 3 aliphatic rings. The molecule has 0 atom stereocenters. The van der Waals surface area contributed by atoms with E-state index < -0.39 is 7.12 Å². The lowest BCUT2D eigenvalue weighted by Crippen LogP contribution is -2.53. The van der Waals surface area contributed by atoms with Gasteiger partial charge in [-0.05, 0) is 46.7 Å². The molecule has 134 valence electrons. The van der Waals surface area contributed by atoms with Crippen LogP contribution < -0.4 is 5.32 Å². The zero-order chi connectivity index (χ0) is 17.4. The summed E-state index contributed by atoms with van der Waals surface area (Å²) < 4.78 is 17.3. The van der Waals surface area contributed by atoms with Crippen LogP contribution in [0, 0.1) is 5.41 Å². The van der Waals surface area contributed by atoms with Crippen molar-refractivity contribution in [1.82, 2.24) is 10.2 Å². The van der Waals surface area contributed by atoms with E-state index in [4.69, 9.17) is 19.5 Å². The van der Waals surface area contributed by atoms with Crippen molar-refractivity contribution >= 4 is 13.3 Å². The Kier molecular flexibility index (Phi) is 5.07. The SMILES string of the molecule is CC1(C)OB(/C(C=N)=C/NC2CCN(C3COC3)CC2)OC1(C)C. The summed E-state index contributed by atoms with van der Waals surface area (Å²) in [7, 11) is -0.479. The third-order valence-corrected chi connectivity index (χ3v) is 5.84. The predicted molar refractivity (Wildman–Crippen MR) is 95.3 cm³/mol. The van der Waals surface area contributed by atoms with Gasteiger partial charge in [0.2, 0.25) is 0 Å². The van der Waals surface area contributed by atoms with E-state index in [1.807, 2.05) is 33.9 Å². The summed E-state index contributed by atoms with van der Waals surface area (Å²) in [6, 6.07) is 1.07. The molecule has 0 unspecified atom stereocenters. The zero-order valence-corrected chi connectivity index (χ0v) is 15.3. The summed E-state index contributed by atoms with van der Waals surface area (Å²) >= 11 is 0. The van der Waals surface area contributed by atoms with Gasteiger partial charge in [0.25, 0.3) is 0 Å². The van der Waals surface area contributed by atoms with E-state index in [2.05, 4.69) is 10.2 Å². The number of allylic oxidation sites excluding steroid dienone is 1. The normalized spacial score (nSPS) is 28.7. The van der Waals surface area contributed by atoms with Crippen LogP contribution in [0.5, 0.6) is 0 Å². The van der Waals surface area contributed by atoms with E-state index in [9.17, 15) is 0 Å². The van der Waals surface area contributed by atoms with Crippen molar-refractivity contribution in [3.05, 3.63) is 11.7 Å². The molecule has 2 N–H and O–H groups in total. The Morgan fingerprint density at radius 2 is 1.71 bits per heavy atom. The van der Waals surface area contributed by atoms with Crippen molar-refractivity contribution in [3.8, 4) is 0 Å². The average Bonchev–Trinajstić information content (AvgIpc) is 2.68. The van der Waals surface area contributed by atoms with Crippen LogP contribution >= 0.6 is 0 Å². The van der Waals surface area contributed by atoms with E-state index in [1.165, 1.54) is 6.21 Å². The molecule has 0 aromatic carbocycles. The number of nitrogens with one attached hydrogen (secondary N) is 2. The summed E-state index contributed by atoms with van der Waals surface area (Å²) in [5, 5.41) is 11.2. The first-order valence-electron chi connectivity index (χ1n) is 8.96. The largest absolute Gasteiger partial charge is 0.497 e. The van der Waals surface area contributed by atoms with Crippen LogP contribution in [-0.2, 0) is 14.0 Å². The van der Waals surface area contributed by atoms with E-state index in [0.717, 1.165) is 44.6 Å². The number of likely N-dealkylation sites (tertiary alicyclic amines) is 1. The number of hydrogen-bond donors (Lipinski definition) is 2. The van der Waals surface area contributed by atoms with Gasteiger partial charge in [0, 0.05) is 30.8 Å². The second kappa shape index (κ2) is 6.79. The van der Waals surface area contributed by atoms with Gasteiger partial charge in [-0.3, -0.25) is 4.90 Å². The smallest absolute Gasteiger partial charge is 0.399 e. The molecule has 24 heavy (non-hydrogen) atoms. The average molecular weight is 335 g/mol. The maximum absolute atomic E-state index is 7.71. The summed E-state index contributed by atoms with van der Waals surface area (Å²) in [4.78, 5) is 2.52. The van der Waals surface area contributed by atoms with Gasteiger partial charge in [0.1, 0.15) is 0 Å². The molecule has 3 heterocycles.